The zero-order valence-electron chi connectivity index (χ0n) is 12.6. The van der Waals surface area contributed by atoms with Crippen LogP contribution in [0.2, 0.25) is 0 Å². The molecule has 0 spiro atoms. The number of hydrogen-bond donors (Lipinski definition) is 1. The summed E-state index contributed by atoms with van der Waals surface area (Å²) in [6.07, 6.45) is 3.18. The van der Waals surface area contributed by atoms with Gasteiger partial charge in [0.1, 0.15) is 4.83 Å². The summed E-state index contributed by atoms with van der Waals surface area (Å²) in [6.45, 7) is -0.0581. The summed E-state index contributed by atoms with van der Waals surface area (Å²) >= 11 is 1.55. The fourth-order valence-corrected chi connectivity index (χ4v) is 4.38. The van der Waals surface area contributed by atoms with Crippen LogP contribution in [0.3, 0.4) is 0 Å². The van der Waals surface area contributed by atoms with Crippen LogP contribution in [0.25, 0.3) is 10.2 Å². The summed E-state index contributed by atoms with van der Waals surface area (Å²) in [7, 11) is 0. The van der Waals surface area contributed by atoms with E-state index in [1.54, 1.807) is 11.3 Å². The van der Waals surface area contributed by atoms with Gasteiger partial charge in [0.25, 0.3) is 5.56 Å². The number of aliphatic hydroxyl groups excluding tert-OH is 1. The van der Waals surface area contributed by atoms with Gasteiger partial charge in [-0.1, -0.05) is 6.07 Å². The molecular formula is C17H14F2N2O2S. The van der Waals surface area contributed by atoms with Crippen molar-refractivity contribution in [1.82, 2.24) is 9.55 Å². The lowest BCUT2D eigenvalue weighted by atomic mass is 10.1. The molecule has 0 fully saturated rings. The Hall–Kier alpha value is -2.12. The van der Waals surface area contributed by atoms with Crippen molar-refractivity contribution >= 4 is 21.6 Å². The van der Waals surface area contributed by atoms with Gasteiger partial charge in [0.05, 0.1) is 24.4 Å². The second kappa shape index (κ2) is 5.75. The molecule has 1 aliphatic carbocycles. The number of halogens is 2. The molecular weight excluding hydrogens is 334 g/mol. The first-order valence-corrected chi connectivity index (χ1v) is 8.49. The van der Waals surface area contributed by atoms with Crippen molar-refractivity contribution in [1.29, 1.82) is 0 Å². The Balaban J connectivity index is 1.70. The molecule has 0 saturated carbocycles. The Kier molecular flexibility index (Phi) is 3.69. The van der Waals surface area contributed by atoms with Gasteiger partial charge in [0, 0.05) is 4.88 Å². The number of aliphatic hydroxyl groups is 1. The zero-order valence-corrected chi connectivity index (χ0v) is 13.4. The average molecular weight is 348 g/mol. The number of hydrogen-bond acceptors (Lipinski definition) is 4. The molecule has 1 aliphatic rings. The van der Waals surface area contributed by atoms with E-state index in [9.17, 15) is 18.7 Å². The van der Waals surface area contributed by atoms with Crippen LogP contribution in [0.15, 0.2) is 29.3 Å². The summed E-state index contributed by atoms with van der Waals surface area (Å²) in [5.74, 6) is -2.00. The van der Waals surface area contributed by atoms with E-state index in [0.29, 0.717) is 5.39 Å². The van der Waals surface area contributed by atoms with Crippen LogP contribution in [0.1, 0.15) is 28.5 Å². The maximum Gasteiger partial charge on any atom is 0.262 e. The van der Waals surface area contributed by atoms with Gasteiger partial charge >= 0.3 is 0 Å². The highest BCUT2D eigenvalue weighted by Crippen LogP contribution is 2.34. The van der Waals surface area contributed by atoms with Crippen molar-refractivity contribution in [2.45, 2.75) is 31.9 Å². The van der Waals surface area contributed by atoms with Crippen molar-refractivity contribution in [3.8, 4) is 0 Å². The molecule has 24 heavy (non-hydrogen) atoms. The minimum Gasteiger partial charge on any atom is -0.387 e. The summed E-state index contributed by atoms with van der Waals surface area (Å²) in [5, 5.41) is 10.9. The first-order valence-electron chi connectivity index (χ1n) is 7.67. The molecule has 7 heteroatoms. The van der Waals surface area contributed by atoms with Crippen molar-refractivity contribution in [3.05, 3.63) is 62.5 Å². The molecule has 4 nitrogen and oxygen atoms in total. The number of fused-ring (bicyclic) bond motifs is 3. The second-order valence-electron chi connectivity index (χ2n) is 5.93. The Morgan fingerprint density at radius 3 is 2.92 bits per heavy atom. The summed E-state index contributed by atoms with van der Waals surface area (Å²) in [6, 6.07) is 3.21. The predicted octanol–water partition coefficient (Wildman–Crippen LogP) is 2.96. The first-order chi connectivity index (χ1) is 11.5. The van der Waals surface area contributed by atoms with Crippen LogP contribution < -0.4 is 5.56 Å². The van der Waals surface area contributed by atoms with Gasteiger partial charge in [-0.2, -0.15) is 0 Å². The quantitative estimate of drug-likeness (QED) is 0.792. The molecule has 1 unspecified atom stereocenters. The molecule has 0 amide bonds. The van der Waals surface area contributed by atoms with E-state index in [1.165, 1.54) is 21.8 Å². The Labute approximate surface area is 140 Å². The minimum atomic E-state index is -1.12. The smallest absolute Gasteiger partial charge is 0.262 e. The predicted molar refractivity (Wildman–Crippen MR) is 87.2 cm³/mol. The molecule has 0 radical (unpaired) electrons. The van der Waals surface area contributed by atoms with Crippen molar-refractivity contribution in [3.63, 3.8) is 0 Å². The van der Waals surface area contributed by atoms with E-state index in [0.717, 1.165) is 41.8 Å². The van der Waals surface area contributed by atoms with Crippen LogP contribution in [0.4, 0.5) is 8.78 Å². The van der Waals surface area contributed by atoms with E-state index in [4.69, 9.17) is 0 Å². The molecule has 1 atom stereocenters. The second-order valence-corrected chi connectivity index (χ2v) is 7.01. The highest BCUT2D eigenvalue weighted by Gasteiger charge is 2.22. The van der Waals surface area contributed by atoms with Gasteiger partial charge in [-0.3, -0.25) is 9.36 Å². The lowest BCUT2D eigenvalue weighted by Crippen LogP contribution is -2.24. The number of rotatable bonds is 3. The number of nitrogens with zero attached hydrogens (tertiary/aromatic N) is 2. The van der Waals surface area contributed by atoms with Gasteiger partial charge in [0.15, 0.2) is 11.6 Å². The highest BCUT2D eigenvalue weighted by atomic mass is 32.1. The van der Waals surface area contributed by atoms with Gasteiger partial charge in [0.2, 0.25) is 0 Å². The first kappa shape index (κ1) is 15.4. The van der Waals surface area contributed by atoms with Gasteiger partial charge in [-0.15, -0.1) is 11.3 Å². The molecule has 1 N–H and O–H groups in total. The molecule has 0 saturated heterocycles. The molecule has 2 heterocycles. The molecule has 0 bridgehead atoms. The third-order valence-corrected chi connectivity index (χ3v) is 5.59. The fraction of sp³-hybridized carbons (Fsp3) is 0.294. The normalized spacial score (nSPS) is 15.0. The minimum absolute atomic E-state index is 0.0581. The Bertz CT molecular complexity index is 996. The molecule has 3 aromatic rings. The number of benzene rings is 1. The summed E-state index contributed by atoms with van der Waals surface area (Å²) in [4.78, 5) is 19.0. The zero-order chi connectivity index (χ0) is 16.8. The fourth-order valence-electron chi connectivity index (χ4n) is 3.16. The third kappa shape index (κ3) is 2.44. The van der Waals surface area contributed by atoms with Gasteiger partial charge < -0.3 is 5.11 Å². The molecule has 124 valence electrons. The number of aryl methyl sites for hydroxylation is 2. The topological polar surface area (TPSA) is 55.1 Å². The van der Waals surface area contributed by atoms with E-state index >= 15 is 0 Å². The standard InChI is InChI=1S/C17H14F2N2O2S/c18-11-5-4-9(6-12(11)19)13(22)7-21-8-20-16-15(17(21)23)10-2-1-3-14(10)24-16/h4-6,8,13,22H,1-3,7H2. The SMILES string of the molecule is O=c1c2c3c(sc2ncn1CC(O)c1ccc(F)c(F)c1)CCC3. The van der Waals surface area contributed by atoms with Crippen LogP contribution in [0.5, 0.6) is 0 Å². The maximum atomic E-state index is 13.3. The lowest BCUT2D eigenvalue weighted by molar-refractivity contribution is 0.154. The van der Waals surface area contributed by atoms with Crippen LogP contribution in [-0.4, -0.2) is 14.7 Å². The van der Waals surface area contributed by atoms with Crippen LogP contribution >= 0.6 is 11.3 Å². The van der Waals surface area contributed by atoms with E-state index in [1.807, 2.05) is 0 Å². The largest absolute Gasteiger partial charge is 0.387 e. The third-order valence-electron chi connectivity index (χ3n) is 4.39. The summed E-state index contributed by atoms with van der Waals surface area (Å²) in [5.41, 5.74) is 1.10. The van der Waals surface area contributed by atoms with Gasteiger partial charge in [-0.25, -0.2) is 13.8 Å². The van der Waals surface area contributed by atoms with Gasteiger partial charge in [-0.05, 0) is 42.5 Å². The van der Waals surface area contributed by atoms with Crippen LogP contribution in [0, 0.1) is 11.6 Å². The Morgan fingerprint density at radius 1 is 1.29 bits per heavy atom. The maximum absolute atomic E-state index is 13.3. The van der Waals surface area contributed by atoms with Crippen LogP contribution in [-0.2, 0) is 19.4 Å². The van der Waals surface area contributed by atoms with E-state index < -0.39 is 17.7 Å². The van der Waals surface area contributed by atoms with Crippen molar-refractivity contribution < 1.29 is 13.9 Å². The molecule has 2 aromatic heterocycles. The Morgan fingerprint density at radius 2 is 2.12 bits per heavy atom. The molecule has 4 rings (SSSR count). The molecule has 0 aliphatic heterocycles. The highest BCUT2D eigenvalue weighted by molar-refractivity contribution is 7.18. The van der Waals surface area contributed by atoms with Crippen molar-refractivity contribution in [2.24, 2.45) is 0 Å². The number of aromatic nitrogens is 2. The summed E-state index contributed by atoms with van der Waals surface area (Å²) < 4.78 is 27.6. The lowest BCUT2D eigenvalue weighted by Gasteiger charge is -2.13. The number of thiophene rings is 1. The monoisotopic (exact) mass is 348 g/mol. The molecule has 1 aromatic carbocycles. The average Bonchev–Trinajstić information content (AvgIpc) is 3.13. The van der Waals surface area contributed by atoms with E-state index in [-0.39, 0.29) is 17.7 Å². The van der Waals surface area contributed by atoms with E-state index in [2.05, 4.69) is 4.98 Å². The van der Waals surface area contributed by atoms with Crippen molar-refractivity contribution in [2.75, 3.05) is 0 Å².